The molecule has 0 aliphatic heterocycles. The average molecular weight is 813 g/mol. The van der Waals surface area contributed by atoms with Crippen LogP contribution in [0.5, 0.6) is 0 Å². The smallest absolute Gasteiger partial charge is 0.290 e. The Kier molecular flexibility index (Phi) is 18.2. The molecule has 2 aromatic rings. The van der Waals surface area contributed by atoms with Crippen LogP contribution in [0.25, 0.3) is 0 Å². The molecule has 5 atom stereocenters. The fraction of sp³-hybridized carbons (Fsp3) is 0.564. The molecule has 0 spiro atoms. The van der Waals surface area contributed by atoms with Crippen molar-refractivity contribution >= 4 is 51.2 Å². The molecule has 6 amide bonds. The molecule has 0 radical (unpaired) electrons. The van der Waals surface area contributed by atoms with Gasteiger partial charge in [0.1, 0.15) is 23.8 Å². The highest BCUT2D eigenvalue weighted by Gasteiger charge is 2.35. The van der Waals surface area contributed by atoms with E-state index in [1.54, 1.807) is 19.9 Å². The molecule has 312 valence electrons. The molecule has 0 saturated heterocycles. The van der Waals surface area contributed by atoms with Gasteiger partial charge in [-0.05, 0) is 49.1 Å². The largest absolute Gasteiger partial charge is 0.344 e. The molecule has 1 aliphatic carbocycles. The van der Waals surface area contributed by atoms with E-state index in [2.05, 4.69) is 36.6 Å². The Morgan fingerprint density at radius 1 is 0.772 bits per heavy atom. The lowest BCUT2D eigenvalue weighted by molar-refractivity contribution is -0.141. The molecule has 0 bridgehead atoms. The van der Waals surface area contributed by atoms with Crippen LogP contribution in [0.4, 0.5) is 0 Å². The lowest BCUT2D eigenvalue weighted by Gasteiger charge is -2.31. The third-order valence-electron chi connectivity index (χ3n) is 9.82. The number of carbonyl (C=O) groups is 7. The summed E-state index contributed by atoms with van der Waals surface area (Å²) in [6.07, 6.45) is 9.62. The van der Waals surface area contributed by atoms with Gasteiger partial charge in [-0.15, -0.1) is 0 Å². The second-order valence-electron chi connectivity index (χ2n) is 14.8. The monoisotopic (exact) mass is 812 g/mol. The minimum atomic E-state index is -4.21. The van der Waals surface area contributed by atoms with Gasteiger partial charge in [-0.1, -0.05) is 91.3 Å². The number of sulfonamides is 1. The SMILES string of the molecule is CC[C@H](NC(=O)[C@H](CC1CCCCC1)NC(=O)C(NC(=O)[C@H](CC(C)C)NC(=O)c1cnccn1)[C@@H](C)CC)C(=O)C(=O)NCC(=O)NS(=O)(=O)c1ccccc1. The number of hydrogen-bond acceptors (Lipinski definition) is 11. The maximum atomic E-state index is 14.0. The fourth-order valence-electron chi connectivity index (χ4n) is 6.43. The van der Waals surface area contributed by atoms with Crippen LogP contribution in [-0.4, -0.2) is 90.3 Å². The molecule has 6 N–H and O–H groups in total. The number of Topliss-reactive ketones (excluding diaryl/α,β-unsaturated/α-hetero) is 1. The average Bonchev–Trinajstić information content (AvgIpc) is 3.20. The highest BCUT2D eigenvalue weighted by atomic mass is 32.2. The first-order valence-electron chi connectivity index (χ1n) is 19.5. The first kappa shape index (κ1) is 46.1. The Morgan fingerprint density at radius 3 is 2.02 bits per heavy atom. The molecule has 1 heterocycles. The van der Waals surface area contributed by atoms with Gasteiger partial charge in [-0.25, -0.2) is 18.1 Å². The van der Waals surface area contributed by atoms with Gasteiger partial charge in [-0.3, -0.25) is 38.5 Å². The summed E-state index contributed by atoms with van der Waals surface area (Å²) in [5.74, 6) is -6.23. The number of ketones is 1. The minimum absolute atomic E-state index is 0.00778. The number of rotatable bonds is 21. The maximum absolute atomic E-state index is 14.0. The molecule has 1 saturated carbocycles. The van der Waals surface area contributed by atoms with Gasteiger partial charge in [0.05, 0.1) is 23.7 Å². The van der Waals surface area contributed by atoms with Crippen molar-refractivity contribution in [2.75, 3.05) is 6.54 Å². The zero-order valence-electron chi connectivity index (χ0n) is 33.2. The van der Waals surface area contributed by atoms with E-state index in [-0.39, 0.29) is 41.7 Å². The summed E-state index contributed by atoms with van der Waals surface area (Å²) in [7, 11) is -4.21. The van der Waals surface area contributed by atoms with Crippen molar-refractivity contribution in [3.8, 4) is 0 Å². The maximum Gasteiger partial charge on any atom is 0.290 e. The summed E-state index contributed by atoms with van der Waals surface area (Å²) < 4.78 is 26.7. The van der Waals surface area contributed by atoms with Gasteiger partial charge < -0.3 is 26.6 Å². The first-order valence-corrected chi connectivity index (χ1v) is 20.9. The summed E-state index contributed by atoms with van der Waals surface area (Å²) in [6, 6.07) is 2.54. The van der Waals surface area contributed by atoms with Gasteiger partial charge in [-0.2, -0.15) is 0 Å². The molecular formula is C39H56N8O9S. The van der Waals surface area contributed by atoms with E-state index in [1.165, 1.54) is 42.9 Å². The fourth-order valence-corrected chi connectivity index (χ4v) is 7.44. The van der Waals surface area contributed by atoms with E-state index in [1.807, 2.05) is 25.5 Å². The summed E-state index contributed by atoms with van der Waals surface area (Å²) >= 11 is 0. The van der Waals surface area contributed by atoms with Crippen molar-refractivity contribution in [2.45, 2.75) is 121 Å². The number of nitrogens with one attached hydrogen (secondary N) is 6. The second kappa shape index (κ2) is 22.5. The Hall–Kier alpha value is -5.26. The van der Waals surface area contributed by atoms with Crippen LogP contribution >= 0.6 is 0 Å². The Morgan fingerprint density at radius 2 is 1.42 bits per heavy atom. The van der Waals surface area contributed by atoms with Crippen molar-refractivity contribution in [3.63, 3.8) is 0 Å². The first-order chi connectivity index (χ1) is 27.1. The predicted molar refractivity (Wildman–Crippen MR) is 209 cm³/mol. The highest BCUT2D eigenvalue weighted by Crippen LogP contribution is 2.27. The molecule has 1 aromatic heterocycles. The number of nitrogens with zero attached hydrogens (tertiary/aromatic N) is 2. The summed E-state index contributed by atoms with van der Waals surface area (Å²) in [5.41, 5.74) is 0.0213. The van der Waals surface area contributed by atoms with Crippen molar-refractivity contribution in [1.82, 2.24) is 41.3 Å². The third-order valence-corrected chi connectivity index (χ3v) is 11.2. The number of amides is 6. The molecule has 17 nitrogen and oxygen atoms in total. The van der Waals surface area contributed by atoms with E-state index < -0.39 is 87.9 Å². The van der Waals surface area contributed by atoms with Gasteiger partial charge in [0, 0.05) is 12.4 Å². The van der Waals surface area contributed by atoms with Gasteiger partial charge in [0.25, 0.3) is 27.7 Å². The van der Waals surface area contributed by atoms with Crippen molar-refractivity contribution < 1.29 is 42.0 Å². The van der Waals surface area contributed by atoms with Gasteiger partial charge >= 0.3 is 0 Å². The second-order valence-corrected chi connectivity index (χ2v) is 16.5. The number of hydrogen-bond donors (Lipinski definition) is 6. The quantitative estimate of drug-likeness (QED) is 0.0990. The molecule has 1 unspecified atom stereocenters. The number of aromatic nitrogens is 2. The van der Waals surface area contributed by atoms with E-state index >= 15 is 0 Å². The molecule has 3 rings (SSSR count). The third kappa shape index (κ3) is 14.6. The van der Waals surface area contributed by atoms with Crippen molar-refractivity contribution in [1.29, 1.82) is 0 Å². The van der Waals surface area contributed by atoms with E-state index in [0.29, 0.717) is 6.42 Å². The summed E-state index contributed by atoms with van der Waals surface area (Å²) in [4.78, 5) is 101. The number of carbonyl (C=O) groups excluding carboxylic acids is 7. The minimum Gasteiger partial charge on any atom is -0.344 e. The normalized spacial score (nSPS) is 15.8. The molecule has 1 aliphatic rings. The predicted octanol–water partition coefficient (Wildman–Crippen LogP) is 1.69. The van der Waals surface area contributed by atoms with Gasteiger partial charge in [0.2, 0.25) is 23.5 Å². The molecule has 18 heteroatoms. The van der Waals surface area contributed by atoms with E-state index in [4.69, 9.17) is 0 Å². The highest BCUT2D eigenvalue weighted by molar-refractivity contribution is 7.90. The van der Waals surface area contributed by atoms with Crippen LogP contribution in [-0.2, 0) is 38.8 Å². The Balaban J connectivity index is 1.73. The van der Waals surface area contributed by atoms with Crippen LogP contribution in [0, 0.1) is 17.8 Å². The van der Waals surface area contributed by atoms with E-state index in [9.17, 15) is 42.0 Å². The lowest BCUT2D eigenvalue weighted by atomic mass is 9.84. The number of benzene rings is 1. The molecule has 57 heavy (non-hydrogen) atoms. The van der Waals surface area contributed by atoms with E-state index in [0.717, 1.165) is 32.1 Å². The Bertz CT molecular complexity index is 1810. The van der Waals surface area contributed by atoms with Crippen LogP contribution in [0.3, 0.4) is 0 Å². The summed E-state index contributed by atoms with van der Waals surface area (Å²) in [5, 5.41) is 13.0. The standard InChI is InChI=1S/C39H56N8O9S/c1-6-25(5)33(46-36(51)29(20-24(3)4)44-37(52)31-22-40-18-19-41-31)38(53)45-30(21-26-14-10-8-11-15-26)35(50)43-28(7-2)34(49)39(54)42-23-32(48)47-57(55,56)27-16-12-9-13-17-27/h9,12-13,16-19,22,24-26,28-30,33H,6-8,10-11,14-15,20-21,23H2,1-5H3,(H,42,54)(H,43,50)(H,44,52)(H,45,53)(H,46,51)(H,47,48)/t25-,28-,29-,30-,33?/m0/s1. The van der Waals surface area contributed by atoms with Crippen LogP contribution in [0.2, 0.25) is 0 Å². The summed E-state index contributed by atoms with van der Waals surface area (Å²) in [6.45, 7) is 8.13. The van der Waals surface area contributed by atoms with Crippen molar-refractivity contribution in [3.05, 3.63) is 54.6 Å². The molecule has 1 aromatic carbocycles. The lowest BCUT2D eigenvalue weighted by Crippen LogP contribution is -2.60. The van der Waals surface area contributed by atoms with Crippen LogP contribution < -0.4 is 31.3 Å². The van der Waals surface area contributed by atoms with Crippen LogP contribution in [0.15, 0.2) is 53.8 Å². The van der Waals surface area contributed by atoms with Crippen LogP contribution in [0.1, 0.15) is 103 Å². The topological polar surface area (TPSA) is 252 Å². The zero-order valence-corrected chi connectivity index (χ0v) is 34.0. The molecular weight excluding hydrogens is 757 g/mol. The van der Waals surface area contributed by atoms with Crippen molar-refractivity contribution in [2.24, 2.45) is 17.8 Å². The molecule has 1 fully saturated rings. The zero-order chi connectivity index (χ0) is 42.1. The van der Waals surface area contributed by atoms with Gasteiger partial charge in [0.15, 0.2) is 0 Å². The Labute approximate surface area is 334 Å².